The van der Waals surface area contributed by atoms with Gasteiger partial charge in [-0.1, -0.05) is 12.1 Å². The summed E-state index contributed by atoms with van der Waals surface area (Å²) >= 11 is 1.63. The Morgan fingerprint density at radius 1 is 1.19 bits per heavy atom. The molecule has 0 aromatic heterocycles. The first-order valence-corrected chi connectivity index (χ1v) is 7.93. The summed E-state index contributed by atoms with van der Waals surface area (Å²) in [5.41, 5.74) is 8.41. The van der Waals surface area contributed by atoms with Crippen LogP contribution in [0.15, 0.2) is 41.3 Å². The topological polar surface area (TPSA) is 64.3 Å². The number of benzene rings is 2. The number of anilines is 2. The highest BCUT2D eigenvalue weighted by Crippen LogP contribution is 2.37. The molecule has 2 aromatic rings. The van der Waals surface area contributed by atoms with Gasteiger partial charge < -0.3 is 15.8 Å². The molecule has 0 radical (unpaired) electrons. The average Bonchev–Trinajstić information content (AvgIpc) is 2.49. The van der Waals surface area contributed by atoms with Gasteiger partial charge in [-0.25, -0.2) is 0 Å². The molecule has 1 aliphatic heterocycles. The smallest absolute Gasteiger partial charge is 0.224 e. The van der Waals surface area contributed by atoms with Crippen LogP contribution in [0.25, 0.3) is 0 Å². The number of para-hydroxylation sites is 1. The maximum absolute atomic E-state index is 11.4. The number of rotatable bonds is 3. The first-order chi connectivity index (χ1) is 10.2. The molecule has 21 heavy (non-hydrogen) atoms. The van der Waals surface area contributed by atoms with E-state index in [1.54, 1.807) is 17.8 Å². The second kappa shape index (κ2) is 5.69. The lowest BCUT2D eigenvalue weighted by atomic mass is 10.0. The molecule has 108 valence electrons. The standard InChI is InChI=1S/C16H16N2O2S/c1-21-15-5-3-2-4-13(15)20-14-8-10-6-7-16(19)18-12(10)9-11(14)17/h2-5,8-9H,6-7,17H2,1H3,(H,18,19). The summed E-state index contributed by atoms with van der Waals surface area (Å²) in [5, 5.41) is 2.84. The fraction of sp³-hybridized carbons (Fsp3) is 0.188. The second-order valence-corrected chi connectivity index (χ2v) is 5.70. The van der Waals surface area contributed by atoms with Gasteiger partial charge in [0.2, 0.25) is 5.91 Å². The molecule has 5 heteroatoms. The average molecular weight is 300 g/mol. The van der Waals surface area contributed by atoms with Crippen LogP contribution in [0.5, 0.6) is 11.5 Å². The number of aryl methyl sites for hydroxylation is 1. The van der Waals surface area contributed by atoms with E-state index in [-0.39, 0.29) is 5.91 Å². The van der Waals surface area contributed by atoms with Crippen LogP contribution in [-0.4, -0.2) is 12.2 Å². The fourth-order valence-corrected chi connectivity index (χ4v) is 2.86. The van der Waals surface area contributed by atoms with Crippen molar-refractivity contribution in [2.45, 2.75) is 17.7 Å². The predicted molar refractivity (Wildman–Crippen MR) is 86.1 cm³/mol. The molecule has 4 nitrogen and oxygen atoms in total. The molecule has 0 saturated carbocycles. The van der Waals surface area contributed by atoms with Crippen LogP contribution in [-0.2, 0) is 11.2 Å². The van der Waals surface area contributed by atoms with Crippen LogP contribution in [0.1, 0.15) is 12.0 Å². The van der Waals surface area contributed by atoms with Crippen molar-refractivity contribution in [2.75, 3.05) is 17.3 Å². The molecule has 3 N–H and O–H groups in total. The Kier molecular flexibility index (Phi) is 3.75. The lowest BCUT2D eigenvalue weighted by molar-refractivity contribution is -0.116. The van der Waals surface area contributed by atoms with Crippen molar-refractivity contribution in [2.24, 2.45) is 0 Å². The minimum Gasteiger partial charge on any atom is -0.454 e. The number of thioether (sulfide) groups is 1. The first kappa shape index (κ1) is 13.8. The van der Waals surface area contributed by atoms with Crippen molar-refractivity contribution in [1.29, 1.82) is 0 Å². The minimum absolute atomic E-state index is 0.0308. The molecule has 0 saturated heterocycles. The first-order valence-electron chi connectivity index (χ1n) is 6.70. The molecule has 0 fully saturated rings. The van der Waals surface area contributed by atoms with Crippen LogP contribution in [0.3, 0.4) is 0 Å². The molecule has 3 rings (SSSR count). The number of nitrogen functional groups attached to an aromatic ring is 1. The SMILES string of the molecule is CSc1ccccc1Oc1cc2c(cc1N)NC(=O)CC2. The third-order valence-electron chi connectivity index (χ3n) is 3.42. The molecule has 0 bridgehead atoms. The van der Waals surface area contributed by atoms with Gasteiger partial charge in [-0.3, -0.25) is 4.79 Å². The Labute approximate surface area is 127 Å². The van der Waals surface area contributed by atoms with Gasteiger partial charge in [-0.05, 0) is 42.5 Å². The van der Waals surface area contributed by atoms with Gasteiger partial charge in [-0.15, -0.1) is 11.8 Å². The van der Waals surface area contributed by atoms with Crippen molar-refractivity contribution >= 4 is 29.0 Å². The van der Waals surface area contributed by atoms with Crippen molar-refractivity contribution in [1.82, 2.24) is 0 Å². The van der Waals surface area contributed by atoms with E-state index >= 15 is 0 Å². The molecule has 2 aromatic carbocycles. The highest BCUT2D eigenvalue weighted by Gasteiger charge is 2.17. The summed E-state index contributed by atoms with van der Waals surface area (Å²) in [7, 11) is 0. The van der Waals surface area contributed by atoms with Gasteiger partial charge in [0.05, 0.1) is 5.69 Å². The number of carbonyl (C=O) groups is 1. The normalized spacial score (nSPS) is 13.5. The minimum atomic E-state index is 0.0308. The third kappa shape index (κ3) is 2.83. The summed E-state index contributed by atoms with van der Waals surface area (Å²) in [5.74, 6) is 1.45. The van der Waals surface area contributed by atoms with Gasteiger partial charge in [0, 0.05) is 17.0 Å². The lowest BCUT2D eigenvalue weighted by Gasteiger charge is -2.19. The summed E-state index contributed by atoms with van der Waals surface area (Å²) in [6.07, 6.45) is 3.22. The largest absolute Gasteiger partial charge is 0.454 e. The molecule has 0 atom stereocenters. The van der Waals surface area contributed by atoms with E-state index < -0.39 is 0 Å². The zero-order valence-corrected chi connectivity index (χ0v) is 12.5. The molecular weight excluding hydrogens is 284 g/mol. The predicted octanol–water partition coefficient (Wildman–Crippen LogP) is 3.67. The summed E-state index contributed by atoms with van der Waals surface area (Å²) in [4.78, 5) is 12.5. The Bertz CT molecular complexity index is 701. The second-order valence-electron chi connectivity index (χ2n) is 4.85. The molecule has 0 spiro atoms. The van der Waals surface area contributed by atoms with Crippen LogP contribution in [0.4, 0.5) is 11.4 Å². The number of nitrogens with one attached hydrogen (secondary N) is 1. The van der Waals surface area contributed by atoms with Crippen LogP contribution in [0, 0.1) is 0 Å². The molecule has 1 aliphatic rings. The molecular formula is C16H16N2O2S. The van der Waals surface area contributed by atoms with Gasteiger partial charge >= 0.3 is 0 Å². The number of carbonyl (C=O) groups excluding carboxylic acids is 1. The molecule has 1 heterocycles. The maximum atomic E-state index is 11.4. The quantitative estimate of drug-likeness (QED) is 0.670. The Morgan fingerprint density at radius 3 is 2.81 bits per heavy atom. The van der Waals surface area contributed by atoms with Crippen LogP contribution < -0.4 is 15.8 Å². The number of hydrogen-bond acceptors (Lipinski definition) is 4. The van der Waals surface area contributed by atoms with Gasteiger partial charge in [0.1, 0.15) is 5.75 Å². The van der Waals surface area contributed by atoms with E-state index in [9.17, 15) is 4.79 Å². The van der Waals surface area contributed by atoms with Crippen LogP contribution in [0.2, 0.25) is 0 Å². The summed E-state index contributed by atoms with van der Waals surface area (Å²) < 4.78 is 5.97. The van der Waals surface area contributed by atoms with Crippen molar-refractivity contribution < 1.29 is 9.53 Å². The maximum Gasteiger partial charge on any atom is 0.224 e. The van der Waals surface area contributed by atoms with E-state index in [0.29, 0.717) is 24.3 Å². The summed E-state index contributed by atoms with van der Waals surface area (Å²) in [6.45, 7) is 0. The van der Waals surface area contributed by atoms with E-state index in [2.05, 4.69) is 5.32 Å². The number of ether oxygens (including phenoxy) is 1. The molecule has 1 amide bonds. The highest BCUT2D eigenvalue weighted by atomic mass is 32.2. The lowest BCUT2D eigenvalue weighted by Crippen LogP contribution is -2.19. The Hall–Kier alpha value is -2.14. The Balaban J connectivity index is 1.94. The van der Waals surface area contributed by atoms with Crippen molar-refractivity contribution in [3.63, 3.8) is 0 Å². The fourth-order valence-electron chi connectivity index (χ4n) is 2.33. The van der Waals surface area contributed by atoms with Crippen LogP contribution >= 0.6 is 11.8 Å². The zero-order chi connectivity index (χ0) is 14.8. The number of hydrogen-bond donors (Lipinski definition) is 2. The van der Waals surface area contributed by atoms with Crippen molar-refractivity contribution in [3.05, 3.63) is 42.0 Å². The van der Waals surface area contributed by atoms with E-state index in [4.69, 9.17) is 10.5 Å². The van der Waals surface area contributed by atoms with E-state index in [1.165, 1.54) is 0 Å². The third-order valence-corrected chi connectivity index (χ3v) is 4.20. The van der Waals surface area contributed by atoms with E-state index in [1.807, 2.05) is 36.6 Å². The number of amides is 1. The summed E-state index contributed by atoms with van der Waals surface area (Å²) in [6, 6.07) is 11.5. The molecule has 0 aliphatic carbocycles. The highest BCUT2D eigenvalue weighted by molar-refractivity contribution is 7.98. The van der Waals surface area contributed by atoms with Gasteiger partial charge in [0.15, 0.2) is 5.75 Å². The van der Waals surface area contributed by atoms with Crippen molar-refractivity contribution in [3.8, 4) is 11.5 Å². The number of nitrogens with two attached hydrogens (primary N) is 1. The zero-order valence-electron chi connectivity index (χ0n) is 11.7. The Morgan fingerprint density at radius 2 is 2.00 bits per heavy atom. The van der Waals surface area contributed by atoms with E-state index in [0.717, 1.165) is 21.9 Å². The number of fused-ring (bicyclic) bond motifs is 1. The van der Waals surface area contributed by atoms with Gasteiger partial charge in [0.25, 0.3) is 0 Å². The molecule has 0 unspecified atom stereocenters. The van der Waals surface area contributed by atoms with Gasteiger partial charge in [-0.2, -0.15) is 0 Å². The monoisotopic (exact) mass is 300 g/mol.